The molecule has 0 fully saturated rings. The van der Waals surface area contributed by atoms with Crippen LogP contribution in [0.15, 0.2) is 9.85 Å². The largest absolute Gasteiger partial charge is 0.333 e. The molecule has 0 saturated carbocycles. The van der Waals surface area contributed by atoms with Gasteiger partial charge in [0.25, 0.3) is 5.91 Å². The first-order valence-corrected chi connectivity index (χ1v) is 8.09. The van der Waals surface area contributed by atoms with E-state index in [0.717, 1.165) is 45.3 Å². The Morgan fingerprint density at radius 1 is 1.55 bits per heavy atom. The van der Waals surface area contributed by atoms with Gasteiger partial charge in [0.05, 0.1) is 15.2 Å². The molecule has 0 unspecified atom stereocenters. The molecule has 0 spiro atoms. The molecule has 20 heavy (non-hydrogen) atoms. The summed E-state index contributed by atoms with van der Waals surface area (Å²) in [6.07, 6.45) is 2.11. The molecule has 0 radical (unpaired) electrons. The Bertz CT molecular complexity index is 644. The van der Waals surface area contributed by atoms with Gasteiger partial charge in [0, 0.05) is 20.0 Å². The average Bonchev–Trinajstić information content (AvgIpc) is 3.08. The van der Waals surface area contributed by atoms with Gasteiger partial charge in [-0.1, -0.05) is 0 Å². The minimum Gasteiger partial charge on any atom is -0.333 e. The molecule has 7 heteroatoms. The van der Waals surface area contributed by atoms with Crippen LogP contribution in [0.3, 0.4) is 0 Å². The second kappa shape index (κ2) is 5.29. The van der Waals surface area contributed by atoms with E-state index in [0.29, 0.717) is 6.54 Å². The maximum absolute atomic E-state index is 12.4. The van der Waals surface area contributed by atoms with Crippen molar-refractivity contribution in [1.29, 1.82) is 0 Å². The summed E-state index contributed by atoms with van der Waals surface area (Å²) >= 11 is 4.93. The summed E-state index contributed by atoms with van der Waals surface area (Å²) in [5, 5.41) is 8.36. The van der Waals surface area contributed by atoms with Crippen LogP contribution in [-0.4, -0.2) is 32.6 Å². The molecule has 2 aromatic heterocycles. The number of amides is 1. The summed E-state index contributed by atoms with van der Waals surface area (Å²) < 4.78 is 3.14. The highest BCUT2D eigenvalue weighted by atomic mass is 79.9. The Kier molecular flexibility index (Phi) is 3.64. The second-order valence-electron chi connectivity index (χ2n) is 5.02. The average molecular weight is 355 g/mol. The van der Waals surface area contributed by atoms with Gasteiger partial charge in [-0.3, -0.25) is 4.79 Å². The molecule has 1 amide bonds. The van der Waals surface area contributed by atoms with Crippen LogP contribution in [0.4, 0.5) is 0 Å². The fraction of sp³-hybridized carbons (Fsp3) is 0.462. The third kappa shape index (κ3) is 2.40. The van der Waals surface area contributed by atoms with Crippen molar-refractivity contribution in [3.8, 4) is 0 Å². The highest BCUT2D eigenvalue weighted by Gasteiger charge is 2.21. The lowest BCUT2D eigenvalue weighted by Crippen LogP contribution is -2.27. The van der Waals surface area contributed by atoms with Crippen LogP contribution in [0, 0.1) is 6.92 Å². The molecular weight excluding hydrogens is 340 g/mol. The standard InChI is InChI=1S/C13H15BrN4OS/c1-8-6-9(20-12(8)14)13(19)17(2)7-11-16-15-10-4-3-5-18(10)11/h6H,3-5,7H2,1-2H3. The fourth-order valence-electron chi connectivity index (χ4n) is 2.37. The molecular formula is C13H15BrN4OS. The Labute approximate surface area is 129 Å². The van der Waals surface area contributed by atoms with Crippen molar-refractivity contribution in [2.45, 2.75) is 32.9 Å². The topological polar surface area (TPSA) is 51.0 Å². The number of carbonyl (C=O) groups is 1. The van der Waals surface area contributed by atoms with Crippen LogP contribution in [0.2, 0.25) is 0 Å². The minimum absolute atomic E-state index is 0.0270. The molecule has 1 aliphatic heterocycles. The number of aromatic nitrogens is 3. The van der Waals surface area contributed by atoms with Gasteiger partial charge < -0.3 is 9.47 Å². The molecule has 0 N–H and O–H groups in total. The van der Waals surface area contributed by atoms with Gasteiger partial charge in [-0.15, -0.1) is 21.5 Å². The van der Waals surface area contributed by atoms with Gasteiger partial charge in [0.2, 0.25) is 0 Å². The maximum atomic E-state index is 12.4. The van der Waals surface area contributed by atoms with E-state index >= 15 is 0 Å². The molecule has 0 saturated heterocycles. The molecule has 0 aromatic carbocycles. The molecule has 106 valence electrons. The number of carbonyl (C=O) groups excluding carboxylic acids is 1. The van der Waals surface area contributed by atoms with Gasteiger partial charge in [0.1, 0.15) is 5.82 Å². The molecule has 5 nitrogen and oxygen atoms in total. The zero-order valence-electron chi connectivity index (χ0n) is 11.4. The van der Waals surface area contributed by atoms with Crippen LogP contribution in [0.25, 0.3) is 0 Å². The van der Waals surface area contributed by atoms with Crippen LogP contribution in [0.1, 0.15) is 33.3 Å². The van der Waals surface area contributed by atoms with E-state index in [1.165, 1.54) is 11.3 Å². The molecule has 0 atom stereocenters. The highest BCUT2D eigenvalue weighted by Crippen LogP contribution is 2.28. The monoisotopic (exact) mass is 354 g/mol. The second-order valence-corrected chi connectivity index (χ2v) is 7.39. The van der Waals surface area contributed by atoms with E-state index in [1.807, 2.05) is 20.0 Å². The summed E-state index contributed by atoms with van der Waals surface area (Å²) in [4.78, 5) is 14.8. The van der Waals surface area contributed by atoms with Crippen molar-refractivity contribution >= 4 is 33.2 Å². The highest BCUT2D eigenvalue weighted by molar-refractivity contribution is 9.11. The van der Waals surface area contributed by atoms with E-state index < -0.39 is 0 Å². The normalized spacial score (nSPS) is 13.6. The first-order valence-electron chi connectivity index (χ1n) is 6.48. The zero-order chi connectivity index (χ0) is 14.3. The predicted octanol–water partition coefficient (Wildman–Crippen LogP) is 2.63. The van der Waals surface area contributed by atoms with E-state index in [4.69, 9.17) is 0 Å². The first-order chi connectivity index (χ1) is 9.56. The third-order valence-electron chi connectivity index (χ3n) is 3.48. The number of aryl methyl sites for hydroxylation is 2. The summed E-state index contributed by atoms with van der Waals surface area (Å²) in [6, 6.07) is 1.92. The number of nitrogens with zero attached hydrogens (tertiary/aromatic N) is 4. The van der Waals surface area contributed by atoms with Crippen molar-refractivity contribution in [1.82, 2.24) is 19.7 Å². The molecule has 2 aromatic rings. The third-order valence-corrected chi connectivity index (χ3v) is 5.60. The minimum atomic E-state index is 0.0270. The summed E-state index contributed by atoms with van der Waals surface area (Å²) in [5.41, 5.74) is 1.09. The zero-order valence-corrected chi connectivity index (χ0v) is 13.8. The number of hydrogen-bond donors (Lipinski definition) is 0. The molecule has 3 heterocycles. The van der Waals surface area contributed by atoms with Crippen molar-refractivity contribution < 1.29 is 4.79 Å². The lowest BCUT2D eigenvalue weighted by molar-refractivity contribution is 0.0785. The number of rotatable bonds is 3. The number of thiophene rings is 1. The van der Waals surface area contributed by atoms with Gasteiger partial charge in [-0.05, 0) is 40.9 Å². The van der Waals surface area contributed by atoms with Gasteiger partial charge >= 0.3 is 0 Å². The Morgan fingerprint density at radius 3 is 3.05 bits per heavy atom. The van der Waals surface area contributed by atoms with Gasteiger partial charge in [-0.25, -0.2) is 0 Å². The smallest absolute Gasteiger partial charge is 0.264 e. The predicted molar refractivity (Wildman–Crippen MR) is 80.9 cm³/mol. The number of fused-ring (bicyclic) bond motifs is 1. The Morgan fingerprint density at radius 2 is 2.35 bits per heavy atom. The SMILES string of the molecule is Cc1cc(C(=O)N(C)Cc2nnc3n2CCC3)sc1Br. The van der Waals surface area contributed by atoms with Crippen LogP contribution in [0.5, 0.6) is 0 Å². The van der Waals surface area contributed by atoms with Crippen molar-refractivity contribution in [2.24, 2.45) is 0 Å². The first kappa shape index (κ1) is 13.8. The molecule has 0 aliphatic carbocycles. The summed E-state index contributed by atoms with van der Waals surface area (Å²) in [7, 11) is 1.81. The lowest BCUT2D eigenvalue weighted by Gasteiger charge is -2.15. The fourth-order valence-corrected chi connectivity index (χ4v) is 3.89. The van der Waals surface area contributed by atoms with E-state index in [9.17, 15) is 4.79 Å². The van der Waals surface area contributed by atoms with Crippen LogP contribution >= 0.6 is 27.3 Å². The molecule has 3 rings (SSSR count). The number of halogens is 1. The van der Waals surface area contributed by atoms with E-state index in [2.05, 4.69) is 30.7 Å². The lowest BCUT2D eigenvalue weighted by atomic mass is 10.3. The Hall–Kier alpha value is -1.21. The van der Waals surface area contributed by atoms with E-state index in [1.54, 1.807) is 4.90 Å². The van der Waals surface area contributed by atoms with Gasteiger partial charge in [-0.2, -0.15) is 0 Å². The van der Waals surface area contributed by atoms with Crippen molar-refractivity contribution in [3.63, 3.8) is 0 Å². The van der Waals surface area contributed by atoms with Gasteiger partial charge in [0.15, 0.2) is 5.82 Å². The Balaban J connectivity index is 1.75. The van der Waals surface area contributed by atoms with Crippen molar-refractivity contribution in [3.05, 3.63) is 31.9 Å². The van der Waals surface area contributed by atoms with Crippen LogP contribution in [-0.2, 0) is 19.5 Å². The summed E-state index contributed by atoms with van der Waals surface area (Å²) in [6.45, 7) is 3.45. The van der Waals surface area contributed by atoms with Crippen LogP contribution < -0.4 is 0 Å². The maximum Gasteiger partial charge on any atom is 0.264 e. The molecule has 0 bridgehead atoms. The van der Waals surface area contributed by atoms with E-state index in [-0.39, 0.29) is 5.91 Å². The molecule has 1 aliphatic rings. The number of hydrogen-bond acceptors (Lipinski definition) is 4. The summed E-state index contributed by atoms with van der Waals surface area (Å²) in [5.74, 6) is 1.94. The van der Waals surface area contributed by atoms with Crippen molar-refractivity contribution in [2.75, 3.05) is 7.05 Å². The quantitative estimate of drug-likeness (QED) is 0.851.